The maximum absolute atomic E-state index is 11.6. The maximum atomic E-state index is 11.6. The highest BCUT2D eigenvalue weighted by Crippen LogP contribution is 2.18. The van der Waals surface area contributed by atoms with Gasteiger partial charge < -0.3 is 11.1 Å². The number of nitrogens with two attached hydrogens (primary N) is 1. The van der Waals surface area contributed by atoms with Crippen LogP contribution in [0.15, 0.2) is 0 Å². The highest BCUT2D eigenvalue weighted by Gasteiger charge is 2.25. The van der Waals surface area contributed by atoms with Crippen molar-refractivity contribution in [1.82, 2.24) is 10.0 Å². The number of carbonyl (C=O) groups excluding carboxylic acids is 1. The fourth-order valence-corrected chi connectivity index (χ4v) is 2.43. The molecule has 1 aliphatic carbocycles. The number of hydrogen-bond donors (Lipinski definition) is 3. The van der Waals surface area contributed by atoms with E-state index in [-0.39, 0.29) is 29.9 Å². The standard InChI is InChI=1S/C9H17N3O3S2/c1-6(9(10)16)17(14,15)11-5-4-8(13)12-7-2-3-7/h6-7,11H,2-5H2,1H3,(H2,10,16)(H,12,13). The lowest BCUT2D eigenvalue weighted by atomic mass is 10.4. The van der Waals surface area contributed by atoms with Crippen LogP contribution < -0.4 is 15.8 Å². The number of hydrogen-bond acceptors (Lipinski definition) is 4. The molecule has 0 aromatic carbocycles. The summed E-state index contributed by atoms with van der Waals surface area (Å²) in [5.74, 6) is -0.141. The van der Waals surface area contributed by atoms with E-state index in [0.29, 0.717) is 0 Å². The summed E-state index contributed by atoms with van der Waals surface area (Å²) in [6.07, 6.45) is 2.14. The number of carbonyl (C=O) groups is 1. The molecular formula is C9H17N3O3S2. The molecule has 0 bridgehead atoms. The quantitative estimate of drug-likeness (QED) is 0.532. The average molecular weight is 279 g/mol. The normalized spacial score (nSPS) is 17.5. The second-order valence-electron chi connectivity index (χ2n) is 4.08. The summed E-state index contributed by atoms with van der Waals surface area (Å²) in [4.78, 5) is 11.2. The number of amides is 1. The summed E-state index contributed by atoms with van der Waals surface area (Å²) >= 11 is 4.61. The van der Waals surface area contributed by atoms with Gasteiger partial charge in [0, 0.05) is 19.0 Å². The van der Waals surface area contributed by atoms with Gasteiger partial charge in [-0.15, -0.1) is 0 Å². The zero-order valence-electron chi connectivity index (χ0n) is 9.60. The third-order valence-electron chi connectivity index (χ3n) is 2.46. The summed E-state index contributed by atoms with van der Waals surface area (Å²) < 4.78 is 25.5. The van der Waals surface area contributed by atoms with Gasteiger partial charge in [-0.3, -0.25) is 4.79 Å². The summed E-state index contributed by atoms with van der Waals surface area (Å²) in [5, 5.41) is 1.84. The van der Waals surface area contributed by atoms with Crippen molar-refractivity contribution >= 4 is 33.1 Å². The predicted octanol–water partition coefficient (Wildman–Crippen LogP) is -0.751. The Morgan fingerprint density at radius 2 is 2.12 bits per heavy atom. The zero-order valence-corrected chi connectivity index (χ0v) is 11.2. The molecule has 0 aliphatic heterocycles. The van der Waals surface area contributed by atoms with E-state index in [1.807, 2.05) is 0 Å². The Morgan fingerprint density at radius 1 is 1.53 bits per heavy atom. The van der Waals surface area contributed by atoms with Crippen LogP contribution in [-0.4, -0.2) is 37.2 Å². The summed E-state index contributed by atoms with van der Waals surface area (Å²) in [6, 6.07) is 0.287. The Hall–Kier alpha value is -0.730. The van der Waals surface area contributed by atoms with Gasteiger partial charge in [0.1, 0.15) is 5.25 Å². The number of thiocarbonyl (C=S) groups is 1. The Bertz CT molecular complexity index is 404. The smallest absolute Gasteiger partial charge is 0.221 e. The highest BCUT2D eigenvalue weighted by molar-refractivity contribution is 7.93. The predicted molar refractivity (Wildman–Crippen MR) is 69.0 cm³/mol. The minimum atomic E-state index is -3.56. The van der Waals surface area contributed by atoms with Crippen molar-refractivity contribution in [3.8, 4) is 0 Å². The van der Waals surface area contributed by atoms with Gasteiger partial charge in [-0.05, 0) is 19.8 Å². The third-order valence-corrected chi connectivity index (χ3v) is 4.76. The molecule has 0 radical (unpaired) electrons. The zero-order chi connectivity index (χ0) is 13.1. The van der Waals surface area contributed by atoms with Crippen LogP contribution in [-0.2, 0) is 14.8 Å². The van der Waals surface area contributed by atoms with E-state index in [9.17, 15) is 13.2 Å². The minimum absolute atomic E-state index is 0.0633. The van der Waals surface area contributed by atoms with Crippen LogP contribution in [0.25, 0.3) is 0 Å². The first kappa shape index (κ1) is 14.3. The Labute approximate surface area is 106 Å². The van der Waals surface area contributed by atoms with Crippen molar-refractivity contribution in [2.24, 2.45) is 5.73 Å². The van der Waals surface area contributed by atoms with Gasteiger partial charge in [-0.2, -0.15) is 0 Å². The molecule has 0 saturated heterocycles. The van der Waals surface area contributed by atoms with Gasteiger partial charge in [0.2, 0.25) is 15.9 Å². The molecule has 1 rings (SSSR count). The second kappa shape index (κ2) is 5.74. The summed E-state index contributed by atoms with van der Waals surface area (Å²) in [5.41, 5.74) is 5.26. The summed E-state index contributed by atoms with van der Waals surface area (Å²) in [7, 11) is -3.56. The molecular weight excluding hydrogens is 262 g/mol. The molecule has 1 atom stereocenters. The molecule has 1 saturated carbocycles. The lowest BCUT2D eigenvalue weighted by Gasteiger charge is -2.12. The molecule has 4 N–H and O–H groups in total. The maximum Gasteiger partial charge on any atom is 0.221 e. The van der Waals surface area contributed by atoms with Gasteiger partial charge in [-0.25, -0.2) is 13.1 Å². The fraction of sp³-hybridized carbons (Fsp3) is 0.778. The van der Waals surface area contributed by atoms with Gasteiger partial charge in [-0.1, -0.05) is 12.2 Å². The van der Waals surface area contributed by atoms with Crippen molar-refractivity contribution in [2.75, 3.05) is 6.54 Å². The van der Waals surface area contributed by atoms with E-state index >= 15 is 0 Å². The molecule has 1 aliphatic rings. The van der Waals surface area contributed by atoms with Gasteiger partial charge in [0.05, 0.1) is 4.99 Å². The van der Waals surface area contributed by atoms with Crippen molar-refractivity contribution in [2.45, 2.75) is 37.5 Å². The minimum Gasteiger partial charge on any atom is -0.392 e. The van der Waals surface area contributed by atoms with Crippen LogP contribution >= 0.6 is 12.2 Å². The molecule has 1 fully saturated rings. The number of sulfonamides is 1. The van der Waals surface area contributed by atoms with Crippen molar-refractivity contribution < 1.29 is 13.2 Å². The molecule has 0 spiro atoms. The van der Waals surface area contributed by atoms with E-state index in [0.717, 1.165) is 12.8 Å². The van der Waals surface area contributed by atoms with E-state index < -0.39 is 15.3 Å². The highest BCUT2D eigenvalue weighted by atomic mass is 32.2. The van der Waals surface area contributed by atoms with Crippen molar-refractivity contribution in [3.05, 3.63) is 0 Å². The Kier molecular flexibility index (Phi) is 4.84. The van der Waals surface area contributed by atoms with Crippen LogP contribution in [0, 0.1) is 0 Å². The Morgan fingerprint density at radius 3 is 2.59 bits per heavy atom. The second-order valence-corrected chi connectivity index (χ2v) is 6.63. The Balaban J connectivity index is 2.29. The first-order valence-electron chi connectivity index (χ1n) is 5.40. The van der Waals surface area contributed by atoms with Crippen molar-refractivity contribution in [3.63, 3.8) is 0 Å². The molecule has 1 amide bonds. The van der Waals surface area contributed by atoms with Crippen LogP contribution in [0.4, 0.5) is 0 Å². The molecule has 0 aromatic rings. The molecule has 98 valence electrons. The largest absolute Gasteiger partial charge is 0.392 e. The SMILES string of the molecule is CC(C(N)=S)S(=O)(=O)NCCC(=O)NC1CC1. The summed E-state index contributed by atoms with van der Waals surface area (Å²) in [6.45, 7) is 1.47. The topological polar surface area (TPSA) is 101 Å². The van der Waals surface area contributed by atoms with E-state index in [1.165, 1.54) is 6.92 Å². The van der Waals surface area contributed by atoms with E-state index in [1.54, 1.807) is 0 Å². The van der Waals surface area contributed by atoms with Crippen molar-refractivity contribution in [1.29, 1.82) is 0 Å². The third kappa shape index (κ3) is 4.97. The molecule has 0 heterocycles. The fourth-order valence-electron chi connectivity index (χ4n) is 1.11. The first-order chi connectivity index (χ1) is 7.83. The molecule has 0 aromatic heterocycles. The van der Waals surface area contributed by atoms with Gasteiger partial charge >= 0.3 is 0 Å². The molecule has 17 heavy (non-hydrogen) atoms. The number of nitrogens with one attached hydrogen (secondary N) is 2. The van der Waals surface area contributed by atoms with E-state index in [4.69, 9.17) is 5.73 Å². The van der Waals surface area contributed by atoms with Crippen LogP contribution in [0.5, 0.6) is 0 Å². The molecule has 8 heteroatoms. The lowest BCUT2D eigenvalue weighted by Crippen LogP contribution is -2.41. The monoisotopic (exact) mass is 279 g/mol. The molecule has 6 nitrogen and oxygen atoms in total. The van der Waals surface area contributed by atoms with Crippen LogP contribution in [0.2, 0.25) is 0 Å². The van der Waals surface area contributed by atoms with Gasteiger partial charge in [0.25, 0.3) is 0 Å². The van der Waals surface area contributed by atoms with E-state index in [2.05, 4.69) is 22.3 Å². The molecule has 1 unspecified atom stereocenters. The van der Waals surface area contributed by atoms with Gasteiger partial charge in [0.15, 0.2) is 0 Å². The lowest BCUT2D eigenvalue weighted by molar-refractivity contribution is -0.121. The van der Waals surface area contributed by atoms with Crippen LogP contribution in [0.3, 0.4) is 0 Å². The number of rotatable bonds is 7. The first-order valence-corrected chi connectivity index (χ1v) is 7.35. The van der Waals surface area contributed by atoms with Crippen LogP contribution in [0.1, 0.15) is 26.2 Å². The average Bonchev–Trinajstić information content (AvgIpc) is 2.99.